The Hall–Kier alpha value is -1.21. The number of carboxylic acid groups (broad SMARTS) is 1. The molecule has 1 amide bonds. The molecule has 5 nitrogen and oxygen atoms in total. The molecule has 0 saturated heterocycles. The van der Waals surface area contributed by atoms with Crippen LogP contribution in [0.3, 0.4) is 0 Å². The summed E-state index contributed by atoms with van der Waals surface area (Å²) < 4.78 is 0. The van der Waals surface area contributed by atoms with E-state index in [1.54, 1.807) is 18.0 Å². The number of carboxylic acids is 1. The highest BCUT2D eigenvalue weighted by Gasteiger charge is 2.35. The second-order valence-electron chi connectivity index (χ2n) is 7.12. The highest BCUT2D eigenvalue weighted by molar-refractivity contribution is 8.13. The predicted octanol–water partition coefficient (Wildman–Crippen LogP) is 2.99. The van der Waals surface area contributed by atoms with Crippen molar-refractivity contribution >= 4 is 40.5 Å². The van der Waals surface area contributed by atoms with Crippen LogP contribution in [0.2, 0.25) is 0 Å². The van der Waals surface area contributed by atoms with Gasteiger partial charge in [-0.2, -0.15) is 0 Å². The van der Waals surface area contributed by atoms with E-state index in [1.165, 1.54) is 23.5 Å². The molecule has 0 spiro atoms. The molecule has 0 aromatic carbocycles. The van der Waals surface area contributed by atoms with Gasteiger partial charge in [-0.05, 0) is 11.6 Å². The van der Waals surface area contributed by atoms with Crippen molar-refractivity contribution in [3.63, 3.8) is 0 Å². The van der Waals surface area contributed by atoms with Gasteiger partial charge in [0.1, 0.15) is 0 Å². The van der Waals surface area contributed by atoms with E-state index in [0.29, 0.717) is 18.1 Å². The standard InChI is InChI=1S/C17H23NO4S2/c1-10(8-24-16(22)17(2,3)4)14(19)18-6-5-13-11(7-18)12(9-23-13)15(20)21/h5-6,10,12H,7-9H2,1-4H3,(H,20,21). The fourth-order valence-corrected chi connectivity index (χ4v) is 4.63. The number of carbonyl (C=O) groups is 3. The maximum absolute atomic E-state index is 12.6. The Morgan fingerprint density at radius 2 is 2.08 bits per heavy atom. The number of carbonyl (C=O) groups excluding carboxylic acids is 2. The molecule has 2 aliphatic heterocycles. The molecule has 2 heterocycles. The van der Waals surface area contributed by atoms with Crippen molar-refractivity contribution in [1.82, 2.24) is 4.90 Å². The third-order valence-corrected chi connectivity index (χ3v) is 6.72. The maximum atomic E-state index is 12.6. The van der Waals surface area contributed by atoms with E-state index >= 15 is 0 Å². The first kappa shape index (κ1) is 19.1. The molecular weight excluding hydrogens is 346 g/mol. The van der Waals surface area contributed by atoms with Crippen molar-refractivity contribution in [1.29, 1.82) is 0 Å². The van der Waals surface area contributed by atoms with Crippen molar-refractivity contribution in [3.05, 3.63) is 22.8 Å². The van der Waals surface area contributed by atoms with E-state index in [-0.39, 0.29) is 16.9 Å². The zero-order valence-electron chi connectivity index (χ0n) is 14.4. The van der Waals surface area contributed by atoms with Crippen LogP contribution >= 0.6 is 23.5 Å². The summed E-state index contributed by atoms with van der Waals surface area (Å²) in [4.78, 5) is 38.5. The van der Waals surface area contributed by atoms with E-state index in [2.05, 4.69) is 0 Å². The highest BCUT2D eigenvalue weighted by Crippen LogP contribution is 2.39. The number of thioether (sulfide) groups is 2. The van der Waals surface area contributed by atoms with Crippen molar-refractivity contribution in [2.24, 2.45) is 17.3 Å². The number of amides is 1. The molecule has 0 radical (unpaired) electrons. The number of allylic oxidation sites excluding steroid dienone is 1. The Morgan fingerprint density at radius 3 is 2.67 bits per heavy atom. The molecule has 2 rings (SSSR count). The topological polar surface area (TPSA) is 74.7 Å². The average molecular weight is 370 g/mol. The van der Waals surface area contributed by atoms with Crippen molar-refractivity contribution in [3.8, 4) is 0 Å². The van der Waals surface area contributed by atoms with Crippen LogP contribution in [0.1, 0.15) is 27.7 Å². The third kappa shape index (κ3) is 4.25. The summed E-state index contributed by atoms with van der Waals surface area (Å²) in [5, 5.41) is 9.36. The second kappa shape index (κ2) is 7.35. The quantitative estimate of drug-likeness (QED) is 0.821. The molecule has 2 aliphatic rings. The fraction of sp³-hybridized carbons (Fsp3) is 0.588. The molecule has 0 bridgehead atoms. The fourth-order valence-electron chi connectivity index (χ4n) is 2.42. The zero-order valence-corrected chi connectivity index (χ0v) is 16.0. The Balaban J connectivity index is 1.96. The van der Waals surface area contributed by atoms with Crippen LogP contribution in [-0.4, -0.2) is 45.0 Å². The Labute approximate surface area is 150 Å². The summed E-state index contributed by atoms with van der Waals surface area (Å²) in [5.74, 6) is -0.773. The summed E-state index contributed by atoms with van der Waals surface area (Å²) in [5.41, 5.74) is 0.391. The normalized spacial score (nSPS) is 21.7. The lowest BCUT2D eigenvalue weighted by Gasteiger charge is -2.27. The van der Waals surface area contributed by atoms with Gasteiger partial charge in [0.05, 0.1) is 5.92 Å². The Morgan fingerprint density at radius 1 is 1.42 bits per heavy atom. The molecule has 24 heavy (non-hydrogen) atoms. The van der Waals surface area contributed by atoms with E-state index < -0.39 is 17.3 Å². The van der Waals surface area contributed by atoms with Crippen LogP contribution in [0.5, 0.6) is 0 Å². The van der Waals surface area contributed by atoms with E-state index in [9.17, 15) is 19.5 Å². The predicted molar refractivity (Wildman–Crippen MR) is 97.5 cm³/mol. The van der Waals surface area contributed by atoms with Gasteiger partial charge in [-0.25, -0.2) is 0 Å². The SMILES string of the molecule is CC(CSC(=O)C(C)(C)C)C(=O)N1C=CC2=C(C1)C(C(=O)O)CS2. The van der Waals surface area contributed by atoms with E-state index in [4.69, 9.17) is 0 Å². The first-order chi connectivity index (χ1) is 11.1. The molecule has 7 heteroatoms. The van der Waals surface area contributed by atoms with Crippen LogP contribution in [0.25, 0.3) is 0 Å². The van der Waals surface area contributed by atoms with Crippen molar-refractivity contribution in [2.45, 2.75) is 27.7 Å². The summed E-state index contributed by atoms with van der Waals surface area (Å²) in [6.07, 6.45) is 3.55. The number of rotatable bonds is 4. The monoisotopic (exact) mass is 369 g/mol. The van der Waals surface area contributed by atoms with Crippen molar-refractivity contribution in [2.75, 3.05) is 18.1 Å². The molecule has 2 atom stereocenters. The summed E-state index contributed by atoms with van der Waals surface area (Å²) in [7, 11) is 0. The van der Waals surface area contributed by atoms with Gasteiger partial charge in [0.2, 0.25) is 5.91 Å². The minimum Gasteiger partial charge on any atom is -0.481 e. The van der Waals surface area contributed by atoms with Gasteiger partial charge in [-0.1, -0.05) is 39.5 Å². The first-order valence-electron chi connectivity index (χ1n) is 7.86. The average Bonchev–Trinajstić information content (AvgIpc) is 2.93. The maximum Gasteiger partial charge on any atom is 0.311 e. The Kier molecular flexibility index (Phi) is 5.86. The van der Waals surface area contributed by atoms with Gasteiger partial charge >= 0.3 is 5.97 Å². The van der Waals surface area contributed by atoms with Crippen LogP contribution in [0, 0.1) is 17.3 Å². The third-order valence-electron chi connectivity index (χ3n) is 3.97. The molecule has 132 valence electrons. The number of nitrogens with zero attached hydrogens (tertiary/aromatic N) is 1. The smallest absolute Gasteiger partial charge is 0.311 e. The van der Waals surface area contributed by atoms with Gasteiger partial charge in [-0.3, -0.25) is 14.4 Å². The van der Waals surface area contributed by atoms with Gasteiger partial charge in [0, 0.05) is 40.5 Å². The summed E-state index contributed by atoms with van der Waals surface area (Å²) in [6, 6.07) is 0. The Bertz CT molecular complexity index is 619. The van der Waals surface area contributed by atoms with Crippen LogP contribution in [-0.2, 0) is 14.4 Å². The zero-order chi connectivity index (χ0) is 18.1. The lowest BCUT2D eigenvalue weighted by Crippen LogP contribution is -2.36. The van der Waals surface area contributed by atoms with E-state index in [1.807, 2.05) is 26.8 Å². The summed E-state index contributed by atoms with van der Waals surface area (Å²) >= 11 is 2.71. The number of hydrogen-bond acceptors (Lipinski definition) is 5. The minimum absolute atomic E-state index is 0.0689. The number of aliphatic carboxylic acids is 1. The van der Waals surface area contributed by atoms with Crippen LogP contribution in [0.4, 0.5) is 0 Å². The molecule has 0 aromatic rings. The summed E-state index contributed by atoms with van der Waals surface area (Å²) in [6.45, 7) is 7.72. The molecule has 1 N–H and O–H groups in total. The van der Waals surface area contributed by atoms with Gasteiger partial charge in [0.15, 0.2) is 5.12 Å². The van der Waals surface area contributed by atoms with Crippen molar-refractivity contribution < 1.29 is 19.5 Å². The van der Waals surface area contributed by atoms with Crippen LogP contribution < -0.4 is 0 Å². The molecule has 0 aromatic heterocycles. The largest absolute Gasteiger partial charge is 0.481 e. The highest BCUT2D eigenvalue weighted by atomic mass is 32.2. The lowest BCUT2D eigenvalue weighted by molar-refractivity contribution is -0.140. The molecule has 2 unspecified atom stereocenters. The van der Waals surface area contributed by atoms with E-state index in [0.717, 1.165) is 10.5 Å². The first-order valence-corrected chi connectivity index (χ1v) is 9.83. The minimum atomic E-state index is -0.838. The molecular formula is C17H23NO4S2. The molecule has 0 aliphatic carbocycles. The van der Waals surface area contributed by atoms with Gasteiger partial charge < -0.3 is 10.0 Å². The van der Waals surface area contributed by atoms with Gasteiger partial charge in [-0.15, -0.1) is 11.8 Å². The van der Waals surface area contributed by atoms with Gasteiger partial charge in [0.25, 0.3) is 0 Å². The molecule has 0 saturated carbocycles. The lowest BCUT2D eigenvalue weighted by atomic mass is 9.98. The number of hydrogen-bond donors (Lipinski definition) is 1. The van der Waals surface area contributed by atoms with Crippen LogP contribution in [0.15, 0.2) is 22.8 Å². The molecule has 0 fully saturated rings. The second-order valence-corrected chi connectivity index (χ2v) is 9.18.